The van der Waals surface area contributed by atoms with E-state index in [2.05, 4.69) is 10.6 Å². The van der Waals surface area contributed by atoms with Gasteiger partial charge in [-0.15, -0.1) is 0 Å². The van der Waals surface area contributed by atoms with Crippen molar-refractivity contribution >= 4 is 11.8 Å². The van der Waals surface area contributed by atoms with Crippen molar-refractivity contribution in [1.29, 1.82) is 0 Å². The van der Waals surface area contributed by atoms with E-state index in [1.165, 1.54) is 12.3 Å². The molecule has 0 aliphatic carbocycles. The largest absolute Gasteiger partial charge is 0.459 e. The van der Waals surface area contributed by atoms with Gasteiger partial charge < -0.3 is 20.2 Å². The van der Waals surface area contributed by atoms with Crippen LogP contribution < -0.4 is 10.6 Å². The van der Waals surface area contributed by atoms with Crippen molar-refractivity contribution in [2.75, 3.05) is 13.1 Å². The number of carbonyl (C=O) groups excluding carboxylic acids is 2. The molecule has 0 aromatic carbocycles. The van der Waals surface area contributed by atoms with Crippen molar-refractivity contribution < 1.29 is 27.9 Å². The van der Waals surface area contributed by atoms with Gasteiger partial charge in [-0.2, -0.15) is 0 Å². The second kappa shape index (κ2) is 7.47. The number of hydrogen-bond donors (Lipinski definition) is 3. The first-order chi connectivity index (χ1) is 9.00. The molecule has 1 heterocycles. The Bertz CT molecular complexity index is 409. The third-order valence-corrected chi connectivity index (χ3v) is 2.18. The maximum atomic E-state index is 11.9. The van der Waals surface area contributed by atoms with Crippen LogP contribution in [0.3, 0.4) is 0 Å². The molecular formula is C11H14F2N2O4. The molecule has 1 unspecified atom stereocenters. The molecule has 1 aromatic heterocycles. The summed E-state index contributed by atoms with van der Waals surface area (Å²) in [6.07, 6.45) is -3.53. The average Bonchev–Trinajstić information content (AvgIpc) is 2.89. The summed E-state index contributed by atoms with van der Waals surface area (Å²) in [6, 6.07) is 3.02. The Morgan fingerprint density at radius 1 is 1.37 bits per heavy atom. The molecule has 0 saturated heterocycles. The van der Waals surface area contributed by atoms with Gasteiger partial charge in [-0.1, -0.05) is 0 Å². The highest BCUT2D eigenvalue weighted by Crippen LogP contribution is 1.99. The first-order valence-electron chi connectivity index (χ1n) is 5.55. The highest BCUT2D eigenvalue weighted by Gasteiger charge is 2.17. The van der Waals surface area contributed by atoms with E-state index in [4.69, 9.17) is 9.52 Å². The molecule has 2 amide bonds. The molecule has 106 valence electrons. The van der Waals surface area contributed by atoms with Crippen LogP contribution in [0, 0.1) is 0 Å². The number of nitrogens with one attached hydrogen (secondary N) is 2. The molecule has 0 aliphatic heterocycles. The molecule has 0 bridgehead atoms. The smallest absolute Gasteiger partial charge is 0.286 e. The van der Waals surface area contributed by atoms with Crippen molar-refractivity contribution in [3.63, 3.8) is 0 Å². The van der Waals surface area contributed by atoms with Crippen LogP contribution >= 0.6 is 0 Å². The standard InChI is InChI=1S/C11H14F2N2O4/c12-10(13)7(16)6-15-9(17)3-4-14-11(18)8-2-1-5-19-8/h1-2,5,7,10,16H,3-4,6H2,(H,14,18)(H,15,17). The number of carbonyl (C=O) groups is 2. The van der Waals surface area contributed by atoms with Gasteiger partial charge in [0.2, 0.25) is 5.91 Å². The molecule has 0 radical (unpaired) electrons. The molecule has 8 heteroatoms. The van der Waals surface area contributed by atoms with Gasteiger partial charge in [0.05, 0.1) is 6.26 Å². The fourth-order valence-electron chi connectivity index (χ4n) is 1.18. The van der Waals surface area contributed by atoms with Crippen molar-refractivity contribution in [2.45, 2.75) is 19.0 Å². The lowest BCUT2D eigenvalue weighted by atomic mass is 10.3. The van der Waals surface area contributed by atoms with Gasteiger partial charge in [0.15, 0.2) is 5.76 Å². The molecule has 0 aliphatic rings. The Balaban J connectivity index is 2.15. The molecule has 6 nitrogen and oxygen atoms in total. The molecule has 0 spiro atoms. The quantitative estimate of drug-likeness (QED) is 0.660. The van der Waals surface area contributed by atoms with Crippen LogP contribution in [0.5, 0.6) is 0 Å². The third kappa shape index (κ3) is 5.47. The first kappa shape index (κ1) is 15.1. The fraction of sp³-hybridized carbons (Fsp3) is 0.455. The van der Waals surface area contributed by atoms with Crippen molar-refractivity contribution in [3.8, 4) is 0 Å². The number of amides is 2. The zero-order valence-corrected chi connectivity index (χ0v) is 9.94. The van der Waals surface area contributed by atoms with E-state index in [0.29, 0.717) is 0 Å². The van der Waals surface area contributed by atoms with Crippen LogP contribution in [-0.2, 0) is 4.79 Å². The summed E-state index contributed by atoms with van der Waals surface area (Å²) in [5.41, 5.74) is 0. The molecule has 3 N–H and O–H groups in total. The lowest BCUT2D eigenvalue weighted by molar-refractivity contribution is -0.122. The van der Waals surface area contributed by atoms with Crippen LogP contribution in [-0.4, -0.2) is 42.5 Å². The molecule has 0 fully saturated rings. The summed E-state index contributed by atoms with van der Waals surface area (Å²) >= 11 is 0. The van der Waals surface area contributed by atoms with E-state index in [9.17, 15) is 18.4 Å². The molecular weight excluding hydrogens is 262 g/mol. The molecule has 1 rings (SSSR count). The van der Waals surface area contributed by atoms with E-state index in [1.807, 2.05) is 0 Å². The van der Waals surface area contributed by atoms with E-state index in [-0.39, 0.29) is 18.7 Å². The second-order valence-electron chi connectivity index (χ2n) is 3.69. The van der Waals surface area contributed by atoms with Crippen molar-refractivity contribution in [3.05, 3.63) is 24.2 Å². The number of aliphatic hydroxyl groups excluding tert-OH is 1. The van der Waals surface area contributed by atoms with Gasteiger partial charge in [-0.25, -0.2) is 8.78 Å². The van der Waals surface area contributed by atoms with Crippen LogP contribution in [0.1, 0.15) is 17.0 Å². The third-order valence-electron chi connectivity index (χ3n) is 2.18. The molecule has 19 heavy (non-hydrogen) atoms. The molecule has 0 saturated carbocycles. The summed E-state index contributed by atoms with van der Waals surface area (Å²) in [6.45, 7) is -0.487. The predicted octanol–water partition coefficient (Wildman–Crippen LogP) is 0.142. The summed E-state index contributed by atoms with van der Waals surface area (Å²) in [7, 11) is 0. The maximum absolute atomic E-state index is 11.9. The second-order valence-corrected chi connectivity index (χ2v) is 3.69. The SMILES string of the molecule is O=C(CCNC(=O)c1ccco1)NCC(O)C(F)F. The zero-order valence-electron chi connectivity index (χ0n) is 9.94. The van der Waals surface area contributed by atoms with E-state index in [0.717, 1.165) is 0 Å². The van der Waals surface area contributed by atoms with Crippen LogP contribution in [0.2, 0.25) is 0 Å². The van der Waals surface area contributed by atoms with Gasteiger partial charge in [-0.05, 0) is 12.1 Å². The van der Waals surface area contributed by atoms with Gasteiger partial charge in [0.1, 0.15) is 6.10 Å². The lowest BCUT2D eigenvalue weighted by Gasteiger charge is -2.10. The highest BCUT2D eigenvalue weighted by molar-refractivity contribution is 5.91. The lowest BCUT2D eigenvalue weighted by Crippen LogP contribution is -2.37. The summed E-state index contributed by atoms with van der Waals surface area (Å²) in [5.74, 6) is -0.890. The Morgan fingerprint density at radius 3 is 2.68 bits per heavy atom. The van der Waals surface area contributed by atoms with Gasteiger partial charge in [0.25, 0.3) is 12.3 Å². The fourth-order valence-corrected chi connectivity index (χ4v) is 1.18. The van der Waals surface area contributed by atoms with Gasteiger partial charge >= 0.3 is 0 Å². The van der Waals surface area contributed by atoms with Crippen LogP contribution in [0.25, 0.3) is 0 Å². The summed E-state index contributed by atoms with van der Waals surface area (Å²) in [5, 5.41) is 13.3. The van der Waals surface area contributed by atoms with E-state index >= 15 is 0 Å². The van der Waals surface area contributed by atoms with E-state index in [1.54, 1.807) is 6.07 Å². The van der Waals surface area contributed by atoms with Crippen LogP contribution in [0.4, 0.5) is 8.78 Å². The zero-order chi connectivity index (χ0) is 14.3. The maximum Gasteiger partial charge on any atom is 0.286 e. The van der Waals surface area contributed by atoms with Crippen molar-refractivity contribution in [2.24, 2.45) is 0 Å². The minimum absolute atomic E-state index is 0.0378. The molecule has 1 atom stereocenters. The minimum atomic E-state index is -2.90. The van der Waals surface area contributed by atoms with Gasteiger partial charge in [-0.3, -0.25) is 9.59 Å². The van der Waals surface area contributed by atoms with Crippen LogP contribution in [0.15, 0.2) is 22.8 Å². The molecule has 1 aromatic rings. The monoisotopic (exact) mass is 276 g/mol. The number of furan rings is 1. The number of aliphatic hydroxyl groups is 1. The number of alkyl halides is 2. The summed E-state index contributed by atoms with van der Waals surface area (Å²) < 4.78 is 28.7. The van der Waals surface area contributed by atoms with E-state index < -0.39 is 30.9 Å². The average molecular weight is 276 g/mol. The Labute approximate surface area is 107 Å². The van der Waals surface area contributed by atoms with Gasteiger partial charge in [0, 0.05) is 19.5 Å². The Morgan fingerprint density at radius 2 is 2.11 bits per heavy atom. The normalized spacial score (nSPS) is 12.2. The number of halogens is 2. The minimum Gasteiger partial charge on any atom is -0.459 e. The number of hydrogen-bond acceptors (Lipinski definition) is 4. The Kier molecular flexibility index (Phi) is 5.94. The topological polar surface area (TPSA) is 91.6 Å². The Hall–Kier alpha value is -1.96. The number of rotatable bonds is 7. The predicted molar refractivity (Wildman–Crippen MR) is 60.7 cm³/mol. The first-order valence-corrected chi connectivity index (χ1v) is 5.55. The van der Waals surface area contributed by atoms with Crippen molar-refractivity contribution in [1.82, 2.24) is 10.6 Å². The highest BCUT2D eigenvalue weighted by atomic mass is 19.3. The summed E-state index contributed by atoms with van der Waals surface area (Å²) in [4.78, 5) is 22.6.